The Kier molecular flexibility index (Phi) is 7.10. The third kappa shape index (κ3) is 6.33. The maximum atomic E-state index is 13.4. The molecule has 1 aromatic heterocycles. The Labute approximate surface area is 114 Å². The van der Waals surface area contributed by atoms with Crippen molar-refractivity contribution in [1.29, 1.82) is 0 Å². The SMILES string of the molecule is CCNc1ncc(F)c(NCCOCCC(C)C)n1. The van der Waals surface area contributed by atoms with E-state index in [1.54, 1.807) is 0 Å². The van der Waals surface area contributed by atoms with Crippen LogP contribution in [0.25, 0.3) is 0 Å². The average Bonchev–Trinajstić information content (AvgIpc) is 2.37. The highest BCUT2D eigenvalue weighted by Gasteiger charge is 2.05. The van der Waals surface area contributed by atoms with Crippen LogP contribution in [-0.4, -0.2) is 36.3 Å². The summed E-state index contributed by atoms with van der Waals surface area (Å²) in [6.07, 6.45) is 2.19. The van der Waals surface area contributed by atoms with Crippen molar-refractivity contribution in [3.05, 3.63) is 12.0 Å². The molecule has 0 spiro atoms. The van der Waals surface area contributed by atoms with Crippen molar-refractivity contribution in [1.82, 2.24) is 9.97 Å². The number of halogens is 1. The average molecular weight is 270 g/mol. The van der Waals surface area contributed by atoms with Gasteiger partial charge >= 0.3 is 0 Å². The molecule has 0 aliphatic heterocycles. The number of ether oxygens (including phenoxy) is 1. The largest absolute Gasteiger partial charge is 0.380 e. The Bertz CT molecular complexity index is 374. The molecule has 0 saturated carbocycles. The number of anilines is 2. The molecule has 0 radical (unpaired) electrons. The zero-order valence-electron chi connectivity index (χ0n) is 11.9. The van der Waals surface area contributed by atoms with Crippen LogP contribution in [0, 0.1) is 11.7 Å². The third-order valence-electron chi connectivity index (χ3n) is 2.46. The van der Waals surface area contributed by atoms with Crippen LogP contribution in [0.4, 0.5) is 16.2 Å². The monoisotopic (exact) mass is 270 g/mol. The van der Waals surface area contributed by atoms with Gasteiger partial charge in [-0.3, -0.25) is 0 Å². The molecule has 6 heteroatoms. The molecular weight excluding hydrogens is 247 g/mol. The number of hydrogen-bond acceptors (Lipinski definition) is 5. The molecule has 0 fully saturated rings. The minimum absolute atomic E-state index is 0.207. The Morgan fingerprint density at radius 1 is 1.32 bits per heavy atom. The minimum Gasteiger partial charge on any atom is -0.380 e. The minimum atomic E-state index is -0.455. The Morgan fingerprint density at radius 3 is 2.79 bits per heavy atom. The predicted molar refractivity (Wildman–Crippen MR) is 74.9 cm³/mol. The number of aromatic nitrogens is 2. The van der Waals surface area contributed by atoms with Crippen molar-refractivity contribution in [2.45, 2.75) is 27.2 Å². The zero-order chi connectivity index (χ0) is 14.1. The first-order valence-corrected chi connectivity index (χ1v) is 6.71. The van der Waals surface area contributed by atoms with E-state index in [2.05, 4.69) is 34.4 Å². The fourth-order valence-electron chi connectivity index (χ4n) is 1.40. The van der Waals surface area contributed by atoms with Gasteiger partial charge in [-0.25, -0.2) is 9.37 Å². The van der Waals surface area contributed by atoms with Crippen LogP contribution in [0.1, 0.15) is 27.2 Å². The molecule has 1 heterocycles. The summed E-state index contributed by atoms with van der Waals surface area (Å²) in [7, 11) is 0. The molecule has 2 N–H and O–H groups in total. The molecule has 0 aromatic carbocycles. The van der Waals surface area contributed by atoms with Gasteiger partial charge in [-0.2, -0.15) is 4.98 Å². The van der Waals surface area contributed by atoms with Gasteiger partial charge in [-0.1, -0.05) is 13.8 Å². The van der Waals surface area contributed by atoms with Gasteiger partial charge in [-0.05, 0) is 19.3 Å². The van der Waals surface area contributed by atoms with Gasteiger partial charge in [0.05, 0.1) is 12.8 Å². The van der Waals surface area contributed by atoms with Gasteiger partial charge in [0.2, 0.25) is 5.95 Å². The molecule has 0 atom stereocenters. The molecule has 0 amide bonds. The van der Waals surface area contributed by atoms with Crippen molar-refractivity contribution in [2.75, 3.05) is 36.9 Å². The van der Waals surface area contributed by atoms with Crippen LogP contribution < -0.4 is 10.6 Å². The van der Waals surface area contributed by atoms with Gasteiger partial charge in [0.1, 0.15) is 0 Å². The maximum absolute atomic E-state index is 13.4. The van der Waals surface area contributed by atoms with Gasteiger partial charge in [-0.15, -0.1) is 0 Å². The second-order valence-corrected chi connectivity index (χ2v) is 4.64. The van der Waals surface area contributed by atoms with Crippen molar-refractivity contribution < 1.29 is 9.13 Å². The third-order valence-corrected chi connectivity index (χ3v) is 2.46. The summed E-state index contributed by atoms with van der Waals surface area (Å²) < 4.78 is 18.9. The Balaban J connectivity index is 2.30. The molecule has 0 aliphatic carbocycles. The lowest BCUT2D eigenvalue weighted by molar-refractivity contribution is 0.132. The summed E-state index contributed by atoms with van der Waals surface area (Å²) in [6, 6.07) is 0. The number of hydrogen-bond donors (Lipinski definition) is 2. The second kappa shape index (κ2) is 8.63. The molecule has 5 nitrogen and oxygen atoms in total. The van der Waals surface area contributed by atoms with Crippen LogP contribution in [0.2, 0.25) is 0 Å². The molecule has 19 heavy (non-hydrogen) atoms. The van der Waals surface area contributed by atoms with Crippen LogP contribution in [0.15, 0.2) is 6.20 Å². The molecule has 1 rings (SSSR count). The summed E-state index contributed by atoms with van der Waals surface area (Å²) >= 11 is 0. The smallest absolute Gasteiger partial charge is 0.224 e. The van der Waals surface area contributed by atoms with E-state index in [4.69, 9.17) is 4.74 Å². The van der Waals surface area contributed by atoms with E-state index in [0.717, 1.165) is 19.2 Å². The van der Waals surface area contributed by atoms with Crippen molar-refractivity contribution in [3.63, 3.8) is 0 Å². The van der Waals surface area contributed by atoms with E-state index >= 15 is 0 Å². The molecule has 0 unspecified atom stereocenters. The Morgan fingerprint density at radius 2 is 2.11 bits per heavy atom. The summed E-state index contributed by atoms with van der Waals surface area (Å²) in [4.78, 5) is 7.88. The molecule has 108 valence electrons. The first kappa shape index (κ1) is 15.6. The highest BCUT2D eigenvalue weighted by atomic mass is 19.1. The molecule has 0 saturated heterocycles. The molecular formula is C13H23FN4O. The van der Waals surface area contributed by atoms with E-state index in [0.29, 0.717) is 31.6 Å². The van der Waals surface area contributed by atoms with Crippen LogP contribution >= 0.6 is 0 Å². The van der Waals surface area contributed by atoms with Gasteiger partial charge in [0.15, 0.2) is 11.6 Å². The highest BCUT2D eigenvalue weighted by molar-refractivity contribution is 5.40. The van der Waals surface area contributed by atoms with Gasteiger partial charge in [0.25, 0.3) is 0 Å². The van der Waals surface area contributed by atoms with Gasteiger partial charge < -0.3 is 15.4 Å². The fourth-order valence-corrected chi connectivity index (χ4v) is 1.40. The van der Waals surface area contributed by atoms with Crippen molar-refractivity contribution >= 4 is 11.8 Å². The fraction of sp³-hybridized carbons (Fsp3) is 0.692. The van der Waals surface area contributed by atoms with Crippen LogP contribution in [0.5, 0.6) is 0 Å². The lowest BCUT2D eigenvalue weighted by Gasteiger charge is -2.09. The summed E-state index contributed by atoms with van der Waals surface area (Å²) in [6.45, 7) is 8.73. The normalized spacial score (nSPS) is 10.8. The second-order valence-electron chi connectivity index (χ2n) is 4.64. The standard InChI is InChI=1S/C13H23FN4O/c1-4-15-13-17-9-11(14)12(18-13)16-6-8-19-7-5-10(2)3/h9-10H,4-8H2,1-3H3,(H2,15,16,17,18). The zero-order valence-corrected chi connectivity index (χ0v) is 11.9. The molecule has 1 aromatic rings. The van der Waals surface area contributed by atoms with E-state index in [-0.39, 0.29) is 5.82 Å². The molecule has 0 aliphatic rings. The predicted octanol–water partition coefficient (Wildman–Crippen LogP) is 2.52. The van der Waals surface area contributed by atoms with E-state index in [9.17, 15) is 4.39 Å². The number of nitrogens with one attached hydrogen (secondary N) is 2. The summed E-state index contributed by atoms with van der Waals surface area (Å²) in [5.74, 6) is 0.810. The lowest BCUT2D eigenvalue weighted by atomic mass is 10.1. The number of rotatable bonds is 9. The summed E-state index contributed by atoms with van der Waals surface area (Å²) in [5.41, 5.74) is 0. The van der Waals surface area contributed by atoms with E-state index in [1.807, 2.05) is 6.92 Å². The van der Waals surface area contributed by atoms with E-state index < -0.39 is 5.82 Å². The van der Waals surface area contributed by atoms with Crippen LogP contribution in [-0.2, 0) is 4.74 Å². The van der Waals surface area contributed by atoms with E-state index in [1.165, 1.54) is 0 Å². The maximum Gasteiger partial charge on any atom is 0.224 e. The van der Waals surface area contributed by atoms with Crippen molar-refractivity contribution in [2.24, 2.45) is 5.92 Å². The van der Waals surface area contributed by atoms with Crippen LogP contribution in [0.3, 0.4) is 0 Å². The first-order valence-electron chi connectivity index (χ1n) is 6.71. The van der Waals surface area contributed by atoms with Gasteiger partial charge in [0, 0.05) is 19.7 Å². The number of nitrogens with zero attached hydrogens (tertiary/aromatic N) is 2. The Hall–Kier alpha value is -1.43. The van der Waals surface area contributed by atoms with Crippen molar-refractivity contribution in [3.8, 4) is 0 Å². The quantitative estimate of drug-likeness (QED) is 0.675. The first-order chi connectivity index (χ1) is 9.13. The topological polar surface area (TPSA) is 59.1 Å². The molecule has 0 bridgehead atoms. The highest BCUT2D eigenvalue weighted by Crippen LogP contribution is 2.11. The summed E-state index contributed by atoms with van der Waals surface area (Å²) in [5, 5.41) is 5.85. The lowest BCUT2D eigenvalue weighted by Crippen LogP contribution is -2.14.